The number of hydrogen-bond donors (Lipinski definition) is 1. The second kappa shape index (κ2) is 7.63. The number of benzene rings is 1. The zero-order valence-corrected chi connectivity index (χ0v) is 14.5. The van der Waals surface area contributed by atoms with Crippen molar-refractivity contribution in [2.24, 2.45) is 19.2 Å². The lowest BCUT2D eigenvalue weighted by Gasteiger charge is -2.20. The van der Waals surface area contributed by atoms with Crippen molar-refractivity contribution in [3.63, 3.8) is 0 Å². The molecule has 0 fully saturated rings. The highest BCUT2D eigenvalue weighted by molar-refractivity contribution is 5.80. The van der Waals surface area contributed by atoms with Gasteiger partial charge in [0.25, 0.3) is 5.56 Å². The standard InChI is InChI=1S/C17H23N5O2/c1-5-22(6-2)14-9-7-13(8-10-14)12-18-19-15-11-16(23)21(4)17(24)20(15)3/h7-12,19H,5-6H2,1-4H3. The van der Waals surface area contributed by atoms with Gasteiger partial charge in [-0.3, -0.25) is 19.4 Å². The smallest absolute Gasteiger partial charge is 0.332 e. The van der Waals surface area contributed by atoms with E-state index in [0.29, 0.717) is 5.82 Å². The first-order valence-corrected chi connectivity index (χ1v) is 7.89. The van der Waals surface area contributed by atoms with Crippen molar-refractivity contribution < 1.29 is 0 Å². The molecule has 0 aliphatic rings. The van der Waals surface area contributed by atoms with E-state index in [2.05, 4.69) is 29.3 Å². The summed E-state index contributed by atoms with van der Waals surface area (Å²) in [6, 6.07) is 9.37. The number of rotatable bonds is 6. The summed E-state index contributed by atoms with van der Waals surface area (Å²) in [7, 11) is 3.02. The Morgan fingerprint density at radius 3 is 2.29 bits per heavy atom. The number of hydrogen-bond acceptors (Lipinski definition) is 5. The average Bonchev–Trinajstić information content (AvgIpc) is 2.60. The third-order valence-electron chi connectivity index (χ3n) is 3.94. The average molecular weight is 329 g/mol. The lowest BCUT2D eigenvalue weighted by atomic mass is 10.2. The Balaban J connectivity index is 2.13. The van der Waals surface area contributed by atoms with Crippen LogP contribution in [0.2, 0.25) is 0 Å². The van der Waals surface area contributed by atoms with Crippen molar-refractivity contribution >= 4 is 17.7 Å². The van der Waals surface area contributed by atoms with Crippen LogP contribution in [0, 0.1) is 0 Å². The highest BCUT2D eigenvalue weighted by atomic mass is 16.2. The Kier molecular flexibility index (Phi) is 5.57. The van der Waals surface area contributed by atoms with Gasteiger partial charge in [0.05, 0.1) is 6.21 Å². The molecule has 0 atom stereocenters. The second-order valence-electron chi connectivity index (χ2n) is 5.40. The number of aromatic nitrogens is 2. The lowest BCUT2D eigenvalue weighted by molar-refractivity contribution is 0.690. The van der Waals surface area contributed by atoms with Crippen LogP contribution in [-0.2, 0) is 14.1 Å². The molecule has 0 aliphatic carbocycles. The van der Waals surface area contributed by atoms with Gasteiger partial charge in [-0.15, -0.1) is 0 Å². The van der Waals surface area contributed by atoms with Gasteiger partial charge in [-0.25, -0.2) is 4.79 Å². The van der Waals surface area contributed by atoms with Crippen LogP contribution >= 0.6 is 0 Å². The SMILES string of the molecule is CCN(CC)c1ccc(C=NNc2cc(=O)n(C)c(=O)n2C)cc1. The molecule has 24 heavy (non-hydrogen) atoms. The van der Waals surface area contributed by atoms with Gasteiger partial charge in [0.15, 0.2) is 0 Å². The number of anilines is 2. The van der Waals surface area contributed by atoms with Crippen molar-refractivity contribution in [2.45, 2.75) is 13.8 Å². The van der Waals surface area contributed by atoms with Gasteiger partial charge < -0.3 is 4.90 Å². The number of nitrogens with one attached hydrogen (secondary N) is 1. The fraction of sp³-hybridized carbons (Fsp3) is 0.353. The number of hydrazone groups is 1. The van der Waals surface area contributed by atoms with E-state index < -0.39 is 5.69 Å². The Bertz CT molecular complexity index is 830. The van der Waals surface area contributed by atoms with E-state index in [9.17, 15) is 9.59 Å². The van der Waals surface area contributed by atoms with Gasteiger partial charge in [-0.2, -0.15) is 5.10 Å². The molecule has 1 N–H and O–H groups in total. The summed E-state index contributed by atoms with van der Waals surface area (Å²) in [6.45, 7) is 6.17. The predicted octanol–water partition coefficient (Wildman–Crippen LogP) is 1.38. The lowest BCUT2D eigenvalue weighted by Crippen LogP contribution is -2.37. The van der Waals surface area contributed by atoms with Gasteiger partial charge in [-0.05, 0) is 31.5 Å². The molecule has 128 valence electrons. The molecule has 0 bridgehead atoms. The van der Waals surface area contributed by atoms with Gasteiger partial charge in [0, 0.05) is 38.9 Å². The predicted molar refractivity (Wildman–Crippen MR) is 98.1 cm³/mol. The summed E-state index contributed by atoms with van der Waals surface area (Å²) in [5.41, 5.74) is 4.05. The molecule has 0 aliphatic heterocycles. The molecule has 7 nitrogen and oxygen atoms in total. The molecule has 1 aromatic carbocycles. The maximum Gasteiger partial charge on any atom is 0.332 e. The maximum atomic E-state index is 11.8. The van der Waals surface area contributed by atoms with E-state index in [4.69, 9.17) is 0 Å². The Labute approximate surface area is 140 Å². The first kappa shape index (κ1) is 17.5. The molecule has 1 heterocycles. The quantitative estimate of drug-likeness (QED) is 0.642. The Morgan fingerprint density at radius 1 is 1.08 bits per heavy atom. The highest BCUT2D eigenvalue weighted by Gasteiger charge is 2.04. The normalized spacial score (nSPS) is 11.0. The molecule has 2 aromatic rings. The minimum Gasteiger partial charge on any atom is -0.372 e. The molecule has 0 amide bonds. The zero-order chi connectivity index (χ0) is 17.7. The highest BCUT2D eigenvalue weighted by Crippen LogP contribution is 2.14. The monoisotopic (exact) mass is 329 g/mol. The van der Waals surface area contributed by atoms with Gasteiger partial charge in [0.1, 0.15) is 5.82 Å². The Morgan fingerprint density at radius 2 is 1.71 bits per heavy atom. The van der Waals surface area contributed by atoms with Crippen molar-refractivity contribution in [3.8, 4) is 0 Å². The van der Waals surface area contributed by atoms with Gasteiger partial charge >= 0.3 is 5.69 Å². The second-order valence-corrected chi connectivity index (χ2v) is 5.40. The van der Waals surface area contributed by atoms with E-state index in [1.807, 2.05) is 24.3 Å². The van der Waals surface area contributed by atoms with Gasteiger partial charge in [-0.1, -0.05) is 12.1 Å². The van der Waals surface area contributed by atoms with Crippen LogP contribution in [0.25, 0.3) is 0 Å². The molecule has 1 aromatic heterocycles. The van der Waals surface area contributed by atoms with Crippen molar-refractivity contribution in [1.29, 1.82) is 0 Å². The molecule has 0 spiro atoms. The summed E-state index contributed by atoms with van der Waals surface area (Å²) in [5, 5.41) is 4.10. The first-order chi connectivity index (χ1) is 11.5. The summed E-state index contributed by atoms with van der Waals surface area (Å²) in [4.78, 5) is 25.7. The number of nitrogens with zero attached hydrogens (tertiary/aromatic N) is 4. The van der Waals surface area contributed by atoms with Crippen LogP contribution in [0.1, 0.15) is 19.4 Å². The molecular weight excluding hydrogens is 306 g/mol. The molecule has 0 saturated heterocycles. The fourth-order valence-electron chi connectivity index (χ4n) is 2.37. The molecule has 7 heteroatoms. The molecule has 0 unspecified atom stereocenters. The van der Waals surface area contributed by atoms with E-state index in [0.717, 1.165) is 23.2 Å². The van der Waals surface area contributed by atoms with Crippen LogP contribution < -0.4 is 21.6 Å². The van der Waals surface area contributed by atoms with E-state index in [-0.39, 0.29) is 5.56 Å². The largest absolute Gasteiger partial charge is 0.372 e. The summed E-state index contributed by atoms with van der Waals surface area (Å²) >= 11 is 0. The summed E-state index contributed by atoms with van der Waals surface area (Å²) < 4.78 is 2.38. The summed E-state index contributed by atoms with van der Waals surface area (Å²) in [6.07, 6.45) is 1.65. The van der Waals surface area contributed by atoms with Crippen molar-refractivity contribution in [3.05, 3.63) is 56.7 Å². The third kappa shape index (κ3) is 3.73. The zero-order valence-electron chi connectivity index (χ0n) is 14.5. The fourth-order valence-corrected chi connectivity index (χ4v) is 2.37. The third-order valence-corrected chi connectivity index (χ3v) is 3.94. The van der Waals surface area contributed by atoms with Crippen molar-refractivity contribution in [1.82, 2.24) is 9.13 Å². The van der Waals surface area contributed by atoms with Gasteiger partial charge in [0.2, 0.25) is 0 Å². The first-order valence-electron chi connectivity index (χ1n) is 7.89. The van der Waals surface area contributed by atoms with Crippen molar-refractivity contribution in [2.75, 3.05) is 23.4 Å². The topological polar surface area (TPSA) is 71.6 Å². The van der Waals surface area contributed by atoms with E-state index >= 15 is 0 Å². The van der Waals surface area contributed by atoms with Crippen LogP contribution in [0.5, 0.6) is 0 Å². The maximum absolute atomic E-state index is 11.8. The molecule has 0 radical (unpaired) electrons. The molecule has 0 saturated carbocycles. The molecular formula is C17H23N5O2. The Hall–Kier alpha value is -2.83. The van der Waals surface area contributed by atoms with E-state index in [1.165, 1.54) is 23.4 Å². The van der Waals surface area contributed by atoms with Crippen LogP contribution in [-0.4, -0.2) is 28.4 Å². The minimum atomic E-state index is -0.399. The van der Waals surface area contributed by atoms with Crippen LogP contribution in [0.4, 0.5) is 11.5 Å². The van der Waals surface area contributed by atoms with E-state index in [1.54, 1.807) is 13.3 Å². The minimum absolute atomic E-state index is 0.346. The van der Waals surface area contributed by atoms with Crippen LogP contribution in [0.3, 0.4) is 0 Å². The van der Waals surface area contributed by atoms with Crippen LogP contribution in [0.15, 0.2) is 45.0 Å². The molecule has 2 rings (SSSR count). The summed E-state index contributed by atoms with van der Waals surface area (Å²) in [5.74, 6) is 0.346.